The van der Waals surface area contributed by atoms with Gasteiger partial charge in [0, 0.05) is 37.3 Å². The van der Waals surface area contributed by atoms with E-state index < -0.39 is 17.5 Å². The van der Waals surface area contributed by atoms with Crippen molar-refractivity contribution in [3.8, 4) is 5.88 Å². The SMILES string of the molecule is COc1nc2ccc(C(O)(c3ccnc(C(F)(F)F)c3)c3cncn3C)cc2c(Cl)c1CN1CCn2nc(C)nc2C1. The molecule has 0 aliphatic carbocycles. The van der Waals surface area contributed by atoms with Crippen molar-refractivity contribution in [2.75, 3.05) is 13.7 Å². The first kappa shape index (κ1) is 28.1. The number of pyridine rings is 2. The lowest BCUT2D eigenvalue weighted by Crippen LogP contribution is -2.34. The largest absolute Gasteiger partial charge is 0.481 e. The number of hydrogen-bond donors (Lipinski definition) is 1. The molecule has 1 aliphatic rings. The van der Waals surface area contributed by atoms with Crippen LogP contribution in [-0.2, 0) is 38.5 Å². The van der Waals surface area contributed by atoms with Crippen molar-refractivity contribution in [1.82, 2.24) is 39.2 Å². The summed E-state index contributed by atoms with van der Waals surface area (Å²) in [5.41, 5.74) is -1.51. The van der Waals surface area contributed by atoms with Gasteiger partial charge in [-0.15, -0.1) is 0 Å². The molecule has 0 spiro atoms. The van der Waals surface area contributed by atoms with E-state index in [0.29, 0.717) is 59.4 Å². The van der Waals surface area contributed by atoms with Crippen LogP contribution in [0, 0.1) is 6.92 Å². The van der Waals surface area contributed by atoms with E-state index >= 15 is 0 Å². The summed E-state index contributed by atoms with van der Waals surface area (Å²) in [7, 11) is 3.17. The molecule has 14 heteroatoms. The molecule has 1 aromatic carbocycles. The first-order valence-corrected chi connectivity index (χ1v) is 13.4. The number of ether oxygens (including phenoxy) is 1. The molecule has 5 heterocycles. The summed E-state index contributed by atoms with van der Waals surface area (Å²) in [5.74, 6) is 1.91. The molecule has 1 N–H and O–H groups in total. The highest BCUT2D eigenvalue weighted by Gasteiger charge is 2.40. The van der Waals surface area contributed by atoms with Crippen molar-refractivity contribution >= 4 is 22.5 Å². The first-order chi connectivity index (χ1) is 20.0. The molecule has 0 bridgehead atoms. The van der Waals surface area contributed by atoms with Crippen molar-refractivity contribution in [1.29, 1.82) is 0 Å². The van der Waals surface area contributed by atoms with Crippen LogP contribution in [0.1, 0.15) is 39.7 Å². The zero-order valence-corrected chi connectivity index (χ0v) is 23.6. The van der Waals surface area contributed by atoms with E-state index in [1.165, 1.54) is 25.7 Å². The summed E-state index contributed by atoms with van der Waals surface area (Å²) in [5, 5.41) is 17.6. The van der Waals surface area contributed by atoms with Crippen LogP contribution in [0.25, 0.3) is 10.9 Å². The van der Waals surface area contributed by atoms with Gasteiger partial charge in [-0.1, -0.05) is 17.7 Å². The van der Waals surface area contributed by atoms with E-state index in [2.05, 4.69) is 29.9 Å². The average molecular weight is 599 g/mol. The third-order valence-corrected chi connectivity index (χ3v) is 7.91. The molecule has 0 radical (unpaired) electrons. The normalized spacial score (nSPS) is 15.5. The first-order valence-electron chi connectivity index (χ1n) is 13.0. The van der Waals surface area contributed by atoms with Gasteiger partial charge in [-0.3, -0.25) is 9.88 Å². The maximum atomic E-state index is 13.6. The summed E-state index contributed by atoms with van der Waals surface area (Å²) < 4.78 is 49.9. The molecule has 1 atom stereocenters. The molecule has 42 heavy (non-hydrogen) atoms. The van der Waals surface area contributed by atoms with Crippen molar-refractivity contribution < 1.29 is 23.0 Å². The van der Waals surface area contributed by atoms with Crippen molar-refractivity contribution in [3.05, 3.63) is 93.8 Å². The highest BCUT2D eigenvalue weighted by atomic mass is 35.5. The molecule has 5 aromatic rings. The van der Waals surface area contributed by atoms with Crippen LogP contribution in [0.15, 0.2) is 49.1 Å². The molecular weight excluding hydrogens is 573 g/mol. The second-order valence-corrected chi connectivity index (χ2v) is 10.6. The number of methoxy groups -OCH3 is 1. The van der Waals surface area contributed by atoms with Gasteiger partial charge in [0.1, 0.15) is 17.3 Å². The number of aliphatic hydroxyl groups is 1. The van der Waals surface area contributed by atoms with E-state index in [1.807, 2.05) is 11.6 Å². The number of halogens is 4. The van der Waals surface area contributed by atoms with Gasteiger partial charge in [-0.05, 0) is 42.3 Å². The quantitative estimate of drug-likeness (QED) is 0.309. The fraction of sp³-hybridized carbons (Fsp3) is 0.321. The molecule has 218 valence electrons. The minimum atomic E-state index is -4.70. The van der Waals surface area contributed by atoms with Gasteiger partial charge in [-0.2, -0.15) is 18.3 Å². The minimum absolute atomic E-state index is 0.0293. The van der Waals surface area contributed by atoms with Crippen molar-refractivity contribution in [2.24, 2.45) is 7.05 Å². The lowest BCUT2D eigenvalue weighted by atomic mass is 9.83. The van der Waals surface area contributed by atoms with Crippen molar-refractivity contribution in [3.63, 3.8) is 0 Å². The summed E-state index contributed by atoms with van der Waals surface area (Å²) >= 11 is 7.02. The van der Waals surface area contributed by atoms with Gasteiger partial charge in [-0.25, -0.2) is 19.6 Å². The number of aromatic nitrogens is 7. The Hall–Kier alpha value is -4.07. The standard InChI is InChI=1S/C28H26ClF3N8O2/c1-16-35-24-14-39(8-9-40(24)37-16)13-20-25(29)19-10-17(4-5-21(19)36-26(20)42-3)27(41,23-12-33-15-38(23)2)18-6-7-34-22(11-18)28(30,31)32/h4-7,10-12,15,41H,8-9,13-14H2,1-3H3. The van der Waals surface area contributed by atoms with Crippen LogP contribution < -0.4 is 4.74 Å². The third-order valence-electron chi connectivity index (χ3n) is 7.47. The third kappa shape index (κ3) is 4.76. The van der Waals surface area contributed by atoms with Crippen LogP contribution in [0.4, 0.5) is 13.2 Å². The molecule has 1 unspecified atom stereocenters. The van der Waals surface area contributed by atoms with Gasteiger partial charge in [0.15, 0.2) is 5.60 Å². The summed E-state index contributed by atoms with van der Waals surface area (Å²) in [4.78, 5) is 18.9. The number of aryl methyl sites for hydroxylation is 2. The Morgan fingerprint density at radius 1 is 1.10 bits per heavy atom. The zero-order chi connectivity index (χ0) is 29.8. The predicted octanol–water partition coefficient (Wildman–Crippen LogP) is 4.24. The number of nitrogens with zero attached hydrogens (tertiary/aromatic N) is 8. The number of hydrogen-bond acceptors (Lipinski definition) is 8. The second kappa shape index (κ2) is 10.3. The lowest BCUT2D eigenvalue weighted by Gasteiger charge is -2.30. The van der Waals surface area contributed by atoms with E-state index in [-0.39, 0.29) is 16.8 Å². The maximum absolute atomic E-state index is 13.6. The number of benzene rings is 1. The van der Waals surface area contributed by atoms with Crippen LogP contribution in [0.5, 0.6) is 5.88 Å². The molecule has 0 saturated carbocycles. The van der Waals surface area contributed by atoms with E-state index in [1.54, 1.807) is 29.8 Å². The number of fused-ring (bicyclic) bond motifs is 2. The van der Waals surface area contributed by atoms with Gasteiger partial charge >= 0.3 is 6.18 Å². The number of imidazole rings is 1. The predicted molar refractivity (Wildman–Crippen MR) is 147 cm³/mol. The monoisotopic (exact) mass is 598 g/mol. The van der Waals surface area contributed by atoms with Gasteiger partial charge < -0.3 is 14.4 Å². The van der Waals surface area contributed by atoms with Crippen LogP contribution in [0.2, 0.25) is 5.02 Å². The Balaban J connectivity index is 1.47. The molecule has 6 rings (SSSR count). The highest BCUT2D eigenvalue weighted by molar-refractivity contribution is 6.36. The van der Waals surface area contributed by atoms with Crippen LogP contribution in [0.3, 0.4) is 0 Å². The lowest BCUT2D eigenvalue weighted by molar-refractivity contribution is -0.141. The van der Waals surface area contributed by atoms with Gasteiger partial charge in [0.2, 0.25) is 5.88 Å². The van der Waals surface area contributed by atoms with Gasteiger partial charge in [0.05, 0.1) is 49.0 Å². The zero-order valence-electron chi connectivity index (χ0n) is 22.9. The molecular formula is C28H26ClF3N8O2. The Labute approximate surface area is 243 Å². The average Bonchev–Trinajstić information content (AvgIpc) is 3.57. The van der Waals surface area contributed by atoms with Crippen LogP contribution >= 0.6 is 11.6 Å². The summed E-state index contributed by atoms with van der Waals surface area (Å²) in [6, 6.07) is 7.09. The molecule has 0 saturated heterocycles. The Morgan fingerprint density at radius 3 is 2.60 bits per heavy atom. The molecule has 0 fully saturated rings. The Morgan fingerprint density at radius 2 is 1.88 bits per heavy atom. The molecule has 10 nitrogen and oxygen atoms in total. The van der Waals surface area contributed by atoms with Crippen molar-refractivity contribution in [2.45, 2.75) is 38.3 Å². The topological polar surface area (TPSA) is 107 Å². The smallest absolute Gasteiger partial charge is 0.433 e. The Bertz CT molecular complexity index is 1800. The molecule has 0 amide bonds. The summed E-state index contributed by atoms with van der Waals surface area (Å²) in [6.45, 7) is 4.19. The van der Waals surface area contributed by atoms with Gasteiger partial charge in [0.25, 0.3) is 0 Å². The molecule has 4 aromatic heterocycles. The number of alkyl halides is 3. The fourth-order valence-corrected chi connectivity index (χ4v) is 5.71. The Kier molecular flexibility index (Phi) is 6.90. The van der Waals surface area contributed by atoms with E-state index in [0.717, 1.165) is 18.1 Å². The van der Waals surface area contributed by atoms with Crippen LogP contribution in [-0.4, -0.2) is 57.9 Å². The van der Waals surface area contributed by atoms with E-state index in [4.69, 9.17) is 16.3 Å². The highest BCUT2D eigenvalue weighted by Crippen LogP contribution is 2.41. The molecule has 1 aliphatic heterocycles. The fourth-order valence-electron chi connectivity index (χ4n) is 5.42. The minimum Gasteiger partial charge on any atom is -0.481 e. The maximum Gasteiger partial charge on any atom is 0.433 e. The van der Waals surface area contributed by atoms with E-state index in [9.17, 15) is 18.3 Å². The number of rotatable bonds is 6. The summed E-state index contributed by atoms with van der Waals surface area (Å²) in [6.07, 6.45) is -0.801. The second-order valence-electron chi connectivity index (χ2n) is 10.2.